The minimum Gasteiger partial charge on any atom is -0.458 e. The van der Waals surface area contributed by atoms with Crippen LogP contribution in [0.25, 0.3) is 11.0 Å². The molecular weight excluding hydrogens is 306 g/mol. The zero-order valence-electron chi connectivity index (χ0n) is 13.5. The molecule has 1 aliphatic heterocycles. The predicted molar refractivity (Wildman–Crippen MR) is 88.2 cm³/mol. The standard InChI is InChI=1S/C18H21N3O3/c22-16-11-12(18(24-16)8-3-4-9-18)17(23)19-10-7-15-20-13-5-1-2-6-14(13)21-15/h1-2,5-6,12H,3-4,7-11H2,(H,19,23)(H,20,21)/t12-/m1/s1. The summed E-state index contributed by atoms with van der Waals surface area (Å²) in [5.41, 5.74) is 1.39. The normalized spacial score (nSPS) is 22.2. The second-order valence-electron chi connectivity index (χ2n) is 6.74. The smallest absolute Gasteiger partial charge is 0.307 e. The highest BCUT2D eigenvalue weighted by Gasteiger charge is 2.53. The number of hydrogen-bond acceptors (Lipinski definition) is 4. The van der Waals surface area contributed by atoms with Crippen molar-refractivity contribution in [1.82, 2.24) is 15.3 Å². The Balaban J connectivity index is 1.37. The number of fused-ring (bicyclic) bond motifs is 1. The number of aromatic amines is 1. The largest absolute Gasteiger partial charge is 0.458 e. The molecule has 1 saturated carbocycles. The van der Waals surface area contributed by atoms with Gasteiger partial charge in [-0.25, -0.2) is 4.98 Å². The van der Waals surface area contributed by atoms with Crippen LogP contribution in [0.4, 0.5) is 0 Å². The zero-order chi connectivity index (χ0) is 16.6. The Bertz CT molecular complexity index is 744. The van der Waals surface area contributed by atoms with Gasteiger partial charge in [-0.15, -0.1) is 0 Å². The minimum atomic E-state index is -0.541. The number of ether oxygens (including phenoxy) is 1. The number of nitrogens with one attached hydrogen (secondary N) is 2. The van der Waals surface area contributed by atoms with Crippen molar-refractivity contribution >= 4 is 22.9 Å². The molecule has 1 aromatic carbocycles. The van der Waals surface area contributed by atoms with E-state index < -0.39 is 5.60 Å². The molecule has 2 N–H and O–H groups in total. The van der Waals surface area contributed by atoms with Gasteiger partial charge < -0.3 is 15.0 Å². The molecule has 24 heavy (non-hydrogen) atoms. The summed E-state index contributed by atoms with van der Waals surface area (Å²) < 4.78 is 5.53. The molecule has 6 nitrogen and oxygen atoms in total. The first-order chi connectivity index (χ1) is 11.7. The van der Waals surface area contributed by atoms with Crippen LogP contribution in [-0.2, 0) is 20.7 Å². The predicted octanol–water partition coefficient (Wildman–Crippen LogP) is 2.10. The third kappa shape index (κ3) is 2.66. The van der Waals surface area contributed by atoms with Gasteiger partial charge in [0.2, 0.25) is 5.91 Å². The molecule has 2 heterocycles. The third-order valence-corrected chi connectivity index (χ3v) is 5.19. The van der Waals surface area contributed by atoms with Gasteiger partial charge in [-0.2, -0.15) is 0 Å². The highest BCUT2D eigenvalue weighted by Crippen LogP contribution is 2.45. The fourth-order valence-corrected chi connectivity index (χ4v) is 4.00. The molecule has 1 spiro atoms. The maximum atomic E-state index is 12.5. The quantitative estimate of drug-likeness (QED) is 0.842. The first kappa shape index (κ1) is 15.2. The van der Waals surface area contributed by atoms with E-state index in [-0.39, 0.29) is 24.2 Å². The second kappa shape index (κ2) is 5.92. The van der Waals surface area contributed by atoms with Gasteiger partial charge in [0.25, 0.3) is 0 Å². The van der Waals surface area contributed by atoms with Gasteiger partial charge in [-0.1, -0.05) is 12.1 Å². The summed E-state index contributed by atoms with van der Waals surface area (Å²) in [4.78, 5) is 32.0. The number of benzene rings is 1. The first-order valence-corrected chi connectivity index (χ1v) is 8.59. The van der Waals surface area contributed by atoms with E-state index in [9.17, 15) is 9.59 Å². The summed E-state index contributed by atoms with van der Waals surface area (Å²) in [6, 6.07) is 7.85. The molecule has 1 amide bonds. The molecule has 1 aliphatic carbocycles. The summed E-state index contributed by atoms with van der Waals surface area (Å²) in [6.45, 7) is 0.499. The van der Waals surface area contributed by atoms with E-state index in [1.807, 2.05) is 24.3 Å². The molecule has 1 saturated heterocycles. The fraction of sp³-hybridized carbons (Fsp3) is 0.500. The van der Waals surface area contributed by atoms with Crippen molar-refractivity contribution in [3.8, 4) is 0 Å². The molecule has 1 atom stereocenters. The van der Waals surface area contributed by atoms with Crippen LogP contribution in [0.3, 0.4) is 0 Å². The maximum absolute atomic E-state index is 12.5. The molecule has 0 unspecified atom stereocenters. The summed E-state index contributed by atoms with van der Waals surface area (Å²) in [5, 5.41) is 2.96. The van der Waals surface area contributed by atoms with E-state index in [0.29, 0.717) is 13.0 Å². The molecular formula is C18H21N3O3. The van der Waals surface area contributed by atoms with Gasteiger partial charge in [-0.3, -0.25) is 9.59 Å². The Labute approximate surface area is 140 Å². The van der Waals surface area contributed by atoms with Crippen LogP contribution in [0.2, 0.25) is 0 Å². The third-order valence-electron chi connectivity index (χ3n) is 5.19. The van der Waals surface area contributed by atoms with Crippen LogP contribution in [0.5, 0.6) is 0 Å². The number of H-pyrrole nitrogens is 1. The molecule has 4 rings (SSSR count). The summed E-state index contributed by atoms with van der Waals surface area (Å²) in [6.07, 6.45) is 4.50. The van der Waals surface area contributed by atoms with Gasteiger partial charge in [0.05, 0.1) is 23.4 Å². The molecule has 2 fully saturated rings. The number of nitrogens with zero attached hydrogens (tertiary/aromatic N) is 1. The van der Waals surface area contributed by atoms with Crippen LogP contribution >= 0.6 is 0 Å². The fourth-order valence-electron chi connectivity index (χ4n) is 4.00. The summed E-state index contributed by atoms with van der Waals surface area (Å²) >= 11 is 0. The van der Waals surface area contributed by atoms with Gasteiger partial charge >= 0.3 is 5.97 Å². The van der Waals surface area contributed by atoms with Crippen LogP contribution in [-0.4, -0.2) is 34.0 Å². The van der Waals surface area contributed by atoms with Gasteiger partial charge in [0.15, 0.2) is 0 Å². The lowest BCUT2D eigenvalue weighted by atomic mass is 9.85. The number of para-hydroxylation sites is 2. The highest BCUT2D eigenvalue weighted by molar-refractivity contribution is 5.88. The molecule has 126 valence electrons. The van der Waals surface area contributed by atoms with Crippen molar-refractivity contribution in [3.63, 3.8) is 0 Å². The number of amides is 1. The maximum Gasteiger partial charge on any atom is 0.307 e. The van der Waals surface area contributed by atoms with Crippen LogP contribution in [0.1, 0.15) is 37.9 Å². The number of rotatable bonds is 4. The molecule has 6 heteroatoms. The topological polar surface area (TPSA) is 84.1 Å². The van der Waals surface area contributed by atoms with E-state index >= 15 is 0 Å². The van der Waals surface area contributed by atoms with Gasteiger partial charge in [0.1, 0.15) is 11.4 Å². The SMILES string of the molecule is O=C1C[C@H](C(=O)NCCc2nc3ccccc3[nH]2)C2(CCCC2)O1. The minimum absolute atomic E-state index is 0.0705. The van der Waals surface area contributed by atoms with Gasteiger partial charge in [0, 0.05) is 13.0 Å². The Morgan fingerprint density at radius 1 is 1.33 bits per heavy atom. The Hall–Kier alpha value is -2.37. The number of hydrogen-bond donors (Lipinski definition) is 2. The number of esters is 1. The highest BCUT2D eigenvalue weighted by atomic mass is 16.6. The van der Waals surface area contributed by atoms with E-state index in [4.69, 9.17) is 4.74 Å². The molecule has 2 aromatic rings. The number of carbonyl (C=O) groups is 2. The van der Waals surface area contributed by atoms with Crippen molar-refractivity contribution in [2.24, 2.45) is 5.92 Å². The van der Waals surface area contributed by atoms with E-state index in [0.717, 1.165) is 42.5 Å². The number of imidazole rings is 1. The lowest BCUT2D eigenvalue weighted by Crippen LogP contribution is -2.43. The van der Waals surface area contributed by atoms with Crippen molar-refractivity contribution < 1.29 is 14.3 Å². The molecule has 1 aromatic heterocycles. The van der Waals surface area contributed by atoms with Crippen molar-refractivity contribution in [2.45, 2.75) is 44.1 Å². The second-order valence-corrected chi connectivity index (χ2v) is 6.74. The lowest BCUT2D eigenvalue weighted by Gasteiger charge is -2.27. The average Bonchev–Trinajstić information content (AvgIpc) is 3.26. The Kier molecular flexibility index (Phi) is 3.75. The summed E-state index contributed by atoms with van der Waals surface area (Å²) in [7, 11) is 0. The van der Waals surface area contributed by atoms with Crippen molar-refractivity contribution in [2.75, 3.05) is 6.54 Å². The monoisotopic (exact) mass is 327 g/mol. The van der Waals surface area contributed by atoms with Crippen molar-refractivity contribution in [1.29, 1.82) is 0 Å². The number of aromatic nitrogens is 2. The molecule has 0 bridgehead atoms. The van der Waals surface area contributed by atoms with E-state index in [1.165, 1.54) is 0 Å². The number of carbonyl (C=O) groups excluding carboxylic acids is 2. The van der Waals surface area contributed by atoms with Crippen LogP contribution in [0, 0.1) is 5.92 Å². The first-order valence-electron chi connectivity index (χ1n) is 8.59. The van der Waals surface area contributed by atoms with E-state index in [2.05, 4.69) is 15.3 Å². The van der Waals surface area contributed by atoms with Gasteiger partial charge in [-0.05, 0) is 37.8 Å². The molecule has 2 aliphatic rings. The van der Waals surface area contributed by atoms with Crippen LogP contribution in [0.15, 0.2) is 24.3 Å². The van der Waals surface area contributed by atoms with Crippen molar-refractivity contribution in [3.05, 3.63) is 30.1 Å². The van der Waals surface area contributed by atoms with Crippen LogP contribution < -0.4 is 5.32 Å². The summed E-state index contributed by atoms with van der Waals surface area (Å²) in [5.74, 6) is 0.196. The average molecular weight is 327 g/mol. The zero-order valence-corrected chi connectivity index (χ0v) is 13.5. The molecule has 0 radical (unpaired) electrons. The Morgan fingerprint density at radius 3 is 2.92 bits per heavy atom. The van der Waals surface area contributed by atoms with E-state index in [1.54, 1.807) is 0 Å². The lowest BCUT2D eigenvalue weighted by molar-refractivity contribution is -0.149. The Morgan fingerprint density at radius 2 is 2.12 bits per heavy atom.